The van der Waals surface area contributed by atoms with E-state index in [9.17, 15) is 0 Å². The molecule has 2 aromatic carbocycles. The van der Waals surface area contributed by atoms with Crippen LogP contribution in [0.25, 0.3) is 5.69 Å². The molecule has 162 valence electrons. The molecule has 31 heavy (non-hydrogen) atoms. The summed E-state index contributed by atoms with van der Waals surface area (Å²) >= 11 is 6.29. The van der Waals surface area contributed by atoms with Crippen molar-refractivity contribution in [1.82, 2.24) is 19.7 Å². The minimum atomic E-state index is 0.215. The van der Waals surface area contributed by atoms with Gasteiger partial charge in [-0.3, -0.25) is 9.47 Å². The van der Waals surface area contributed by atoms with Crippen LogP contribution >= 0.6 is 11.6 Å². The van der Waals surface area contributed by atoms with E-state index in [0.29, 0.717) is 5.92 Å². The number of rotatable bonds is 4. The first-order valence-electron chi connectivity index (χ1n) is 10.8. The van der Waals surface area contributed by atoms with E-state index in [1.54, 1.807) is 7.11 Å². The molecule has 0 spiro atoms. The van der Waals surface area contributed by atoms with Gasteiger partial charge in [-0.15, -0.1) is 10.2 Å². The first-order valence-corrected chi connectivity index (χ1v) is 11.2. The van der Waals surface area contributed by atoms with Crippen molar-refractivity contribution >= 4 is 11.6 Å². The molecule has 0 radical (unpaired) electrons. The average Bonchev–Trinajstić information content (AvgIpc) is 3.11. The summed E-state index contributed by atoms with van der Waals surface area (Å²) in [7, 11) is 3.78. The molecule has 1 aliphatic heterocycles. The van der Waals surface area contributed by atoms with Gasteiger partial charge in [-0.05, 0) is 68.6 Å². The Balaban J connectivity index is 1.35. The Labute approximate surface area is 187 Å². The van der Waals surface area contributed by atoms with Crippen LogP contribution < -0.4 is 9.47 Å². The number of nitrogens with zero attached hydrogens (tertiary/aromatic N) is 4. The maximum absolute atomic E-state index is 6.29. The van der Waals surface area contributed by atoms with E-state index in [4.69, 9.17) is 21.1 Å². The highest BCUT2D eigenvalue weighted by Crippen LogP contribution is 2.37. The molecule has 5 rings (SSSR count). The van der Waals surface area contributed by atoms with Crippen LogP contribution in [-0.2, 0) is 13.1 Å². The van der Waals surface area contributed by atoms with Crippen molar-refractivity contribution in [2.45, 2.75) is 50.8 Å². The summed E-state index contributed by atoms with van der Waals surface area (Å²) in [4.78, 5) is 2.26. The fourth-order valence-electron chi connectivity index (χ4n) is 4.75. The first kappa shape index (κ1) is 20.3. The zero-order chi connectivity index (χ0) is 21.4. The molecule has 2 heterocycles. The van der Waals surface area contributed by atoms with Gasteiger partial charge in [-0.25, -0.2) is 0 Å². The van der Waals surface area contributed by atoms with Crippen molar-refractivity contribution in [1.29, 1.82) is 0 Å². The lowest BCUT2D eigenvalue weighted by Crippen LogP contribution is -2.25. The largest absolute Gasteiger partial charge is 0.497 e. The Kier molecular flexibility index (Phi) is 5.59. The van der Waals surface area contributed by atoms with Crippen LogP contribution in [0.2, 0.25) is 5.02 Å². The lowest BCUT2D eigenvalue weighted by Gasteiger charge is -2.29. The van der Waals surface area contributed by atoms with Crippen LogP contribution in [-0.4, -0.2) is 39.9 Å². The SMILES string of the molecule is COc1cccc(OC2CCC(c3nnc4n3-c3ccc(Cl)cc3CN(C)C4)CC2)c1. The predicted octanol–water partition coefficient (Wildman–Crippen LogP) is 4.98. The number of fused-ring (bicyclic) bond motifs is 3. The van der Waals surface area contributed by atoms with Gasteiger partial charge in [0, 0.05) is 23.6 Å². The van der Waals surface area contributed by atoms with Crippen molar-refractivity contribution in [3.8, 4) is 17.2 Å². The highest BCUT2D eigenvalue weighted by Gasteiger charge is 2.30. The van der Waals surface area contributed by atoms with Gasteiger partial charge in [0.2, 0.25) is 0 Å². The smallest absolute Gasteiger partial charge is 0.151 e. The molecule has 1 aliphatic carbocycles. The quantitative estimate of drug-likeness (QED) is 0.575. The first-order chi connectivity index (χ1) is 15.1. The molecule has 2 aliphatic rings. The Hall–Kier alpha value is -2.57. The molecule has 0 saturated heterocycles. The number of ether oxygens (including phenoxy) is 2. The summed E-state index contributed by atoms with van der Waals surface area (Å²) in [5.74, 6) is 4.12. The molecule has 6 nitrogen and oxygen atoms in total. The molecule has 3 aromatic rings. The second-order valence-corrected chi connectivity index (χ2v) is 8.96. The number of methoxy groups -OCH3 is 1. The third-order valence-corrected chi connectivity index (χ3v) is 6.51. The molecule has 0 bridgehead atoms. The van der Waals surface area contributed by atoms with Gasteiger partial charge in [-0.2, -0.15) is 0 Å². The van der Waals surface area contributed by atoms with Crippen molar-refractivity contribution in [2.75, 3.05) is 14.2 Å². The fourth-order valence-corrected chi connectivity index (χ4v) is 4.95. The van der Waals surface area contributed by atoms with Gasteiger partial charge in [0.1, 0.15) is 17.3 Å². The van der Waals surface area contributed by atoms with Crippen LogP contribution in [0.1, 0.15) is 48.8 Å². The summed E-state index contributed by atoms with van der Waals surface area (Å²) in [6, 6.07) is 14.0. The molecular weight excluding hydrogens is 412 g/mol. The summed E-state index contributed by atoms with van der Waals surface area (Å²) in [5, 5.41) is 9.97. The number of hydrogen-bond donors (Lipinski definition) is 0. The van der Waals surface area contributed by atoms with Crippen LogP contribution in [0, 0.1) is 0 Å². The topological polar surface area (TPSA) is 52.4 Å². The van der Waals surface area contributed by atoms with Crippen molar-refractivity contribution in [3.05, 3.63) is 64.7 Å². The Morgan fingerprint density at radius 3 is 2.58 bits per heavy atom. The Morgan fingerprint density at radius 2 is 1.77 bits per heavy atom. The minimum Gasteiger partial charge on any atom is -0.497 e. The summed E-state index contributed by atoms with van der Waals surface area (Å²) < 4.78 is 13.8. The zero-order valence-electron chi connectivity index (χ0n) is 17.9. The molecule has 0 amide bonds. The second-order valence-electron chi connectivity index (χ2n) is 8.53. The average molecular weight is 439 g/mol. The van der Waals surface area contributed by atoms with Crippen LogP contribution in [0.4, 0.5) is 0 Å². The van der Waals surface area contributed by atoms with Gasteiger partial charge in [0.05, 0.1) is 25.4 Å². The molecule has 0 unspecified atom stereocenters. The van der Waals surface area contributed by atoms with Gasteiger partial charge < -0.3 is 9.47 Å². The second kappa shape index (κ2) is 8.52. The van der Waals surface area contributed by atoms with Crippen LogP contribution in [0.15, 0.2) is 42.5 Å². The van der Waals surface area contributed by atoms with E-state index in [1.165, 1.54) is 5.56 Å². The standard InChI is InChI=1S/C24H27ClN4O2/c1-28-14-17-12-18(25)8-11-22(17)29-23(15-28)26-27-24(29)16-6-9-19(10-7-16)31-21-5-3-4-20(13-21)30-2/h3-5,8,11-13,16,19H,6-7,9-10,14-15H2,1-2H3. The van der Waals surface area contributed by atoms with Crippen LogP contribution in [0.5, 0.6) is 11.5 Å². The van der Waals surface area contributed by atoms with Crippen LogP contribution in [0.3, 0.4) is 0 Å². The third kappa shape index (κ3) is 4.14. The number of aromatic nitrogens is 3. The predicted molar refractivity (Wildman–Crippen MR) is 120 cm³/mol. The third-order valence-electron chi connectivity index (χ3n) is 6.27. The van der Waals surface area contributed by atoms with Gasteiger partial charge >= 0.3 is 0 Å². The molecule has 0 N–H and O–H groups in total. The summed E-state index contributed by atoms with van der Waals surface area (Å²) in [6.07, 6.45) is 4.28. The van der Waals surface area contributed by atoms with E-state index in [-0.39, 0.29) is 6.10 Å². The normalized spacial score (nSPS) is 21.1. The summed E-state index contributed by atoms with van der Waals surface area (Å²) in [6.45, 7) is 1.62. The molecular formula is C24H27ClN4O2. The Bertz CT molecular complexity index is 1080. The van der Waals surface area contributed by atoms with E-state index >= 15 is 0 Å². The molecule has 1 fully saturated rings. The molecule has 1 aromatic heterocycles. The van der Waals surface area contributed by atoms with Gasteiger partial charge in [0.25, 0.3) is 0 Å². The van der Waals surface area contributed by atoms with Crippen molar-refractivity contribution in [3.63, 3.8) is 0 Å². The van der Waals surface area contributed by atoms with Crippen molar-refractivity contribution < 1.29 is 9.47 Å². The molecule has 1 saturated carbocycles. The van der Waals surface area contributed by atoms with E-state index < -0.39 is 0 Å². The van der Waals surface area contributed by atoms with Crippen molar-refractivity contribution in [2.24, 2.45) is 0 Å². The lowest BCUT2D eigenvalue weighted by molar-refractivity contribution is 0.144. The van der Waals surface area contributed by atoms with E-state index in [0.717, 1.165) is 72.6 Å². The van der Waals surface area contributed by atoms with Gasteiger partial charge in [-0.1, -0.05) is 17.7 Å². The lowest BCUT2D eigenvalue weighted by atomic mass is 9.86. The van der Waals surface area contributed by atoms with E-state index in [1.807, 2.05) is 30.3 Å². The number of halogens is 1. The molecule has 7 heteroatoms. The molecule has 0 atom stereocenters. The van der Waals surface area contributed by atoms with Gasteiger partial charge in [0.15, 0.2) is 5.82 Å². The highest BCUT2D eigenvalue weighted by molar-refractivity contribution is 6.30. The number of hydrogen-bond acceptors (Lipinski definition) is 5. The monoisotopic (exact) mass is 438 g/mol. The fraction of sp³-hybridized carbons (Fsp3) is 0.417. The maximum atomic E-state index is 6.29. The highest BCUT2D eigenvalue weighted by atomic mass is 35.5. The zero-order valence-corrected chi connectivity index (χ0v) is 18.7. The number of benzene rings is 2. The maximum Gasteiger partial charge on any atom is 0.151 e. The minimum absolute atomic E-state index is 0.215. The Morgan fingerprint density at radius 1 is 0.968 bits per heavy atom. The summed E-state index contributed by atoms with van der Waals surface area (Å²) in [5.41, 5.74) is 2.36. The van der Waals surface area contributed by atoms with E-state index in [2.05, 4.69) is 38.8 Å².